The summed E-state index contributed by atoms with van der Waals surface area (Å²) in [6.45, 7) is 2.31. The normalized spacial score (nSPS) is 25.5. The van der Waals surface area contributed by atoms with Crippen LogP contribution in [0.15, 0.2) is 48.5 Å². The zero-order valence-electron chi connectivity index (χ0n) is 20.1. The fourth-order valence-electron chi connectivity index (χ4n) is 6.36. The summed E-state index contributed by atoms with van der Waals surface area (Å²) in [5.41, 5.74) is 4.74. The van der Waals surface area contributed by atoms with Crippen LogP contribution in [0.1, 0.15) is 88.2 Å². The molecule has 0 saturated carbocycles. The molecule has 2 aromatic rings. The quantitative estimate of drug-likeness (QED) is 0.294. The van der Waals surface area contributed by atoms with E-state index in [4.69, 9.17) is 5.26 Å². The smallest absolute Gasteiger partial charge is 0.0991 e. The molecular formula is C30H41NSi. The maximum atomic E-state index is 9.00. The monoisotopic (exact) mass is 443 g/mol. The highest BCUT2D eigenvalue weighted by Crippen LogP contribution is 2.47. The number of hydrogen-bond donors (Lipinski definition) is 0. The lowest BCUT2D eigenvalue weighted by atomic mass is 9.91. The summed E-state index contributed by atoms with van der Waals surface area (Å²) < 4.78 is 0. The van der Waals surface area contributed by atoms with Crippen molar-refractivity contribution in [2.75, 3.05) is 0 Å². The van der Waals surface area contributed by atoms with E-state index >= 15 is 0 Å². The van der Waals surface area contributed by atoms with Gasteiger partial charge in [0.25, 0.3) is 0 Å². The molecule has 0 N–H and O–H groups in total. The van der Waals surface area contributed by atoms with Crippen LogP contribution in [-0.4, -0.2) is 8.07 Å². The van der Waals surface area contributed by atoms with Crippen LogP contribution in [0.25, 0.3) is 11.1 Å². The second kappa shape index (κ2) is 11.3. The Bertz CT molecular complexity index is 859. The van der Waals surface area contributed by atoms with Gasteiger partial charge in [-0.2, -0.15) is 5.26 Å². The molecule has 0 atom stereocenters. The highest BCUT2D eigenvalue weighted by atomic mass is 28.3. The largest absolute Gasteiger partial charge is 0.192 e. The van der Waals surface area contributed by atoms with Crippen molar-refractivity contribution in [3.63, 3.8) is 0 Å². The van der Waals surface area contributed by atoms with E-state index in [-0.39, 0.29) is 0 Å². The first-order valence-corrected chi connectivity index (χ1v) is 16.1. The van der Waals surface area contributed by atoms with Crippen molar-refractivity contribution in [1.29, 1.82) is 5.26 Å². The molecule has 32 heavy (non-hydrogen) atoms. The van der Waals surface area contributed by atoms with Gasteiger partial charge in [-0.1, -0.05) is 119 Å². The van der Waals surface area contributed by atoms with Crippen LogP contribution in [0.2, 0.25) is 24.2 Å². The van der Waals surface area contributed by atoms with Crippen molar-refractivity contribution in [2.45, 2.75) is 101 Å². The van der Waals surface area contributed by atoms with Gasteiger partial charge in [0.05, 0.1) is 19.7 Å². The Balaban J connectivity index is 1.24. The predicted octanol–water partition coefficient (Wildman–Crippen LogP) is 9.32. The summed E-state index contributed by atoms with van der Waals surface area (Å²) in [6.07, 6.45) is 14.7. The average Bonchev–Trinajstić information content (AvgIpc) is 2.86. The van der Waals surface area contributed by atoms with Gasteiger partial charge >= 0.3 is 0 Å². The van der Waals surface area contributed by atoms with Crippen molar-refractivity contribution >= 4 is 8.07 Å². The van der Waals surface area contributed by atoms with Crippen molar-refractivity contribution < 1.29 is 0 Å². The SMILES string of the molecule is CCCCCCCC1CC[Si]2(CC1)CCC(c1ccc(-c3ccc(C#N)cc3)cc1)CC2. The van der Waals surface area contributed by atoms with Crippen LogP contribution in [0.4, 0.5) is 0 Å². The molecule has 2 saturated heterocycles. The van der Waals surface area contributed by atoms with Gasteiger partial charge in [0.1, 0.15) is 0 Å². The lowest BCUT2D eigenvalue weighted by Crippen LogP contribution is -2.41. The minimum atomic E-state index is -0.946. The Morgan fingerprint density at radius 2 is 1.31 bits per heavy atom. The zero-order valence-corrected chi connectivity index (χ0v) is 21.1. The predicted molar refractivity (Wildman–Crippen MR) is 140 cm³/mol. The lowest BCUT2D eigenvalue weighted by molar-refractivity contribution is 0.404. The molecule has 170 valence electrons. The number of hydrogen-bond acceptors (Lipinski definition) is 1. The number of unbranched alkanes of at least 4 members (excludes halogenated alkanes) is 4. The third-order valence-electron chi connectivity index (χ3n) is 8.66. The molecule has 2 aliphatic heterocycles. The fourth-order valence-corrected chi connectivity index (χ4v) is 11.8. The van der Waals surface area contributed by atoms with Crippen LogP contribution in [0, 0.1) is 17.2 Å². The zero-order chi connectivity index (χ0) is 22.2. The first kappa shape index (κ1) is 23.3. The number of nitrogens with zero attached hydrogens (tertiary/aromatic N) is 1. The number of nitriles is 1. The Labute approximate surface area is 197 Å². The van der Waals surface area contributed by atoms with E-state index in [1.807, 2.05) is 12.1 Å². The third kappa shape index (κ3) is 5.93. The van der Waals surface area contributed by atoms with Crippen LogP contribution in [0.3, 0.4) is 0 Å². The van der Waals surface area contributed by atoms with Gasteiger partial charge in [0.2, 0.25) is 0 Å². The average molecular weight is 444 g/mol. The first-order chi connectivity index (χ1) is 15.7. The molecule has 0 aliphatic carbocycles. The second-order valence-corrected chi connectivity index (χ2v) is 15.7. The maximum Gasteiger partial charge on any atom is 0.0991 e. The van der Waals surface area contributed by atoms with Crippen molar-refractivity contribution in [1.82, 2.24) is 0 Å². The molecule has 2 aliphatic rings. The molecular weight excluding hydrogens is 402 g/mol. The topological polar surface area (TPSA) is 23.8 Å². The van der Waals surface area contributed by atoms with Gasteiger partial charge in [-0.25, -0.2) is 0 Å². The molecule has 2 fully saturated rings. The molecule has 2 heterocycles. The van der Waals surface area contributed by atoms with E-state index in [1.165, 1.54) is 62.5 Å². The molecule has 0 radical (unpaired) electrons. The standard InChI is InChI=1S/C30H41NSi/c1-2-3-4-5-6-7-25-16-20-32(21-17-25)22-18-30(19-23-32)29-14-12-28(13-15-29)27-10-8-26(24-31)9-11-27/h8-15,25,30H,2-7,16-23H2,1H3. The van der Waals surface area contributed by atoms with Gasteiger partial charge < -0.3 is 0 Å². The fraction of sp³-hybridized carbons (Fsp3) is 0.567. The van der Waals surface area contributed by atoms with E-state index in [9.17, 15) is 0 Å². The maximum absolute atomic E-state index is 9.00. The number of rotatable bonds is 8. The summed E-state index contributed by atoms with van der Waals surface area (Å²) in [6, 6.07) is 25.9. The molecule has 2 aromatic carbocycles. The van der Waals surface area contributed by atoms with E-state index in [2.05, 4.69) is 49.4 Å². The molecule has 0 aromatic heterocycles. The van der Waals surface area contributed by atoms with Crippen LogP contribution in [0.5, 0.6) is 0 Å². The summed E-state index contributed by atoms with van der Waals surface area (Å²) >= 11 is 0. The Hall–Kier alpha value is -1.85. The van der Waals surface area contributed by atoms with Crippen molar-refractivity contribution in [3.8, 4) is 17.2 Å². The Kier molecular flexibility index (Phi) is 8.25. The van der Waals surface area contributed by atoms with E-state index < -0.39 is 8.07 Å². The van der Waals surface area contributed by atoms with Crippen LogP contribution < -0.4 is 0 Å². The summed E-state index contributed by atoms with van der Waals surface area (Å²) in [4.78, 5) is 0. The third-order valence-corrected chi connectivity index (χ3v) is 14.1. The van der Waals surface area contributed by atoms with Crippen molar-refractivity contribution in [2.24, 2.45) is 5.92 Å². The Morgan fingerprint density at radius 3 is 1.91 bits per heavy atom. The van der Waals surface area contributed by atoms with Gasteiger partial charge in [-0.05, 0) is 53.5 Å². The summed E-state index contributed by atoms with van der Waals surface area (Å²) in [5.74, 6) is 1.83. The van der Waals surface area contributed by atoms with E-state index in [0.29, 0.717) is 0 Å². The van der Waals surface area contributed by atoms with E-state index in [1.54, 1.807) is 42.6 Å². The van der Waals surface area contributed by atoms with Crippen LogP contribution >= 0.6 is 0 Å². The molecule has 0 amide bonds. The highest BCUT2D eigenvalue weighted by Gasteiger charge is 2.40. The molecule has 0 bridgehead atoms. The summed E-state index contributed by atoms with van der Waals surface area (Å²) in [5, 5.41) is 9.00. The van der Waals surface area contributed by atoms with E-state index in [0.717, 1.165) is 17.4 Å². The molecule has 2 heteroatoms. The van der Waals surface area contributed by atoms with Crippen molar-refractivity contribution in [3.05, 3.63) is 59.7 Å². The summed E-state index contributed by atoms with van der Waals surface area (Å²) in [7, 11) is -0.946. The van der Waals surface area contributed by atoms with Crippen LogP contribution in [-0.2, 0) is 0 Å². The first-order valence-electron chi connectivity index (χ1n) is 13.3. The Morgan fingerprint density at radius 1 is 0.750 bits per heavy atom. The van der Waals surface area contributed by atoms with Gasteiger partial charge in [0, 0.05) is 0 Å². The lowest BCUT2D eigenvalue weighted by Gasteiger charge is -2.43. The van der Waals surface area contributed by atoms with Gasteiger partial charge in [-0.15, -0.1) is 0 Å². The molecule has 1 spiro atoms. The molecule has 1 nitrogen and oxygen atoms in total. The second-order valence-electron chi connectivity index (χ2n) is 10.7. The minimum Gasteiger partial charge on any atom is -0.192 e. The number of benzene rings is 2. The highest BCUT2D eigenvalue weighted by molar-refractivity contribution is 6.80. The minimum absolute atomic E-state index is 0.728. The molecule has 0 unspecified atom stereocenters. The molecule has 4 rings (SSSR count). The van der Waals surface area contributed by atoms with Gasteiger partial charge in [-0.3, -0.25) is 0 Å². The van der Waals surface area contributed by atoms with Gasteiger partial charge in [0.15, 0.2) is 0 Å².